The van der Waals surface area contributed by atoms with Crippen molar-refractivity contribution in [3.05, 3.63) is 59.8 Å². The zero-order valence-corrected chi connectivity index (χ0v) is 13.6. The van der Waals surface area contributed by atoms with Crippen LogP contribution in [0.3, 0.4) is 0 Å². The van der Waals surface area contributed by atoms with Gasteiger partial charge in [0.2, 0.25) is 5.88 Å². The largest absolute Gasteiger partial charge is 0.481 e. The number of benzene rings is 1. The van der Waals surface area contributed by atoms with Gasteiger partial charge in [-0.2, -0.15) is 0 Å². The van der Waals surface area contributed by atoms with Crippen molar-refractivity contribution < 1.29 is 14.3 Å². The number of carbonyl (C=O) groups excluding carboxylic acids is 1. The van der Waals surface area contributed by atoms with Crippen LogP contribution >= 0.6 is 0 Å². The molecule has 2 aromatic rings. The fraction of sp³-hybridized carbons (Fsp3) is 0.222. The number of carbonyl (C=O) groups is 1. The number of nitrogens with two attached hydrogens (primary N) is 1. The molecule has 0 bridgehead atoms. The Bertz CT molecular complexity index is 687. The van der Waals surface area contributed by atoms with Gasteiger partial charge in [-0.25, -0.2) is 9.78 Å². The molecule has 0 atom stereocenters. The van der Waals surface area contributed by atoms with Crippen LogP contribution < -0.4 is 15.8 Å². The number of nitrogens with one attached hydrogen (secondary N) is 1. The van der Waals surface area contributed by atoms with Crippen LogP contribution in [0.15, 0.2) is 48.7 Å². The van der Waals surface area contributed by atoms with Crippen LogP contribution in [0.25, 0.3) is 6.08 Å². The van der Waals surface area contributed by atoms with E-state index in [1.807, 2.05) is 42.5 Å². The zero-order chi connectivity index (χ0) is 17.2. The summed E-state index contributed by atoms with van der Waals surface area (Å²) < 4.78 is 10.3. The number of pyridine rings is 1. The molecular weight excluding hydrogens is 306 g/mol. The summed E-state index contributed by atoms with van der Waals surface area (Å²) in [4.78, 5) is 15.7. The van der Waals surface area contributed by atoms with Crippen LogP contribution in [-0.4, -0.2) is 24.7 Å². The van der Waals surface area contributed by atoms with E-state index in [0.29, 0.717) is 24.5 Å². The Balaban J connectivity index is 1.70. The van der Waals surface area contributed by atoms with Crippen molar-refractivity contribution in [3.8, 4) is 5.88 Å². The van der Waals surface area contributed by atoms with Gasteiger partial charge in [0.15, 0.2) is 0 Å². The van der Waals surface area contributed by atoms with Crippen molar-refractivity contribution >= 4 is 17.9 Å². The SMILES string of the molecule is COc1ncc(N)cc1C=CCCNC(=O)OCc1ccccc1. The second-order valence-corrected chi connectivity index (χ2v) is 5.05. The highest BCUT2D eigenvalue weighted by atomic mass is 16.5. The quantitative estimate of drug-likeness (QED) is 0.763. The normalized spacial score (nSPS) is 10.5. The molecule has 126 valence electrons. The highest BCUT2D eigenvalue weighted by Gasteiger charge is 2.02. The Hall–Kier alpha value is -3.02. The van der Waals surface area contributed by atoms with Gasteiger partial charge < -0.3 is 20.5 Å². The first-order chi connectivity index (χ1) is 11.7. The Kier molecular flexibility index (Phi) is 6.64. The van der Waals surface area contributed by atoms with Crippen LogP contribution in [0.4, 0.5) is 10.5 Å². The number of amides is 1. The summed E-state index contributed by atoms with van der Waals surface area (Å²) >= 11 is 0. The zero-order valence-electron chi connectivity index (χ0n) is 13.6. The van der Waals surface area contributed by atoms with Crippen molar-refractivity contribution in [3.63, 3.8) is 0 Å². The maximum atomic E-state index is 11.6. The lowest BCUT2D eigenvalue weighted by molar-refractivity contribution is 0.140. The maximum Gasteiger partial charge on any atom is 0.407 e. The lowest BCUT2D eigenvalue weighted by Gasteiger charge is -2.06. The highest BCUT2D eigenvalue weighted by Crippen LogP contribution is 2.19. The van der Waals surface area contributed by atoms with Crippen molar-refractivity contribution in [1.29, 1.82) is 0 Å². The van der Waals surface area contributed by atoms with Crippen LogP contribution in [0.1, 0.15) is 17.5 Å². The van der Waals surface area contributed by atoms with Gasteiger partial charge in [0.25, 0.3) is 0 Å². The second-order valence-electron chi connectivity index (χ2n) is 5.05. The second kappa shape index (κ2) is 9.19. The molecule has 3 N–H and O–H groups in total. The third-order valence-corrected chi connectivity index (χ3v) is 3.18. The van der Waals surface area contributed by atoms with Crippen LogP contribution in [0.5, 0.6) is 5.88 Å². The van der Waals surface area contributed by atoms with Gasteiger partial charge in [0, 0.05) is 12.1 Å². The van der Waals surface area contributed by atoms with Gasteiger partial charge in [-0.15, -0.1) is 0 Å². The van der Waals surface area contributed by atoms with Crippen LogP contribution in [0.2, 0.25) is 0 Å². The number of anilines is 1. The molecule has 1 heterocycles. The minimum Gasteiger partial charge on any atom is -0.481 e. The van der Waals surface area contributed by atoms with E-state index in [-0.39, 0.29) is 6.61 Å². The van der Waals surface area contributed by atoms with Gasteiger partial charge in [-0.3, -0.25) is 0 Å². The van der Waals surface area contributed by atoms with Crippen molar-refractivity contribution in [2.24, 2.45) is 0 Å². The van der Waals surface area contributed by atoms with Crippen molar-refractivity contribution in [1.82, 2.24) is 10.3 Å². The van der Waals surface area contributed by atoms with E-state index in [1.54, 1.807) is 19.4 Å². The summed E-state index contributed by atoms with van der Waals surface area (Å²) in [6.45, 7) is 0.733. The molecular formula is C18H21N3O3. The minimum atomic E-state index is -0.435. The molecule has 24 heavy (non-hydrogen) atoms. The average molecular weight is 327 g/mol. The Morgan fingerprint density at radius 3 is 2.88 bits per heavy atom. The van der Waals surface area contributed by atoms with E-state index in [9.17, 15) is 4.79 Å². The number of alkyl carbamates (subject to hydrolysis) is 1. The molecule has 0 saturated carbocycles. The Labute approximate surface area is 141 Å². The summed E-state index contributed by atoms with van der Waals surface area (Å²) in [5, 5.41) is 2.70. The summed E-state index contributed by atoms with van der Waals surface area (Å²) in [7, 11) is 1.56. The Morgan fingerprint density at radius 1 is 1.33 bits per heavy atom. The third-order valence-electron chi connectivity index (χ3n) is 3.18. The molecule has 1 aromatic carbocycles. The molecule has 0 aliphatic heterocycles. The summed E-state index contributed by atoms with van der Waals surface area (Å²) in [5.41, 5.74) is 8.02. The fourth-order valence-electron chi connectivity index (χ4n) is 2.02. The molecule has 0 unspecified atom stereocenters. The maximum absolute atomic E-state index is 11.6. The fourth-order valence-corrected chi connectivity index (χ4v) is 2.02. The smallest absolute Gasteiger partial charge is 0.407 e. The van der Waals surface area contributed by atoms with E-state index in [0.717, 1.165) is 11.1 Å². The van der Waals surface area contributed by atoms with Gasteiger partial charge >= 0.3 is 6.09 Å². The third kappa shape index (κ3) is 5.64. The average Bonchev–Trinajstić information content (AvgIpc) is 2.61. The number of methoxy groups -OCH3 is 1. The topological polar surface area (TPSA) is 86.5 Å². The van der Waals surface area contributed by atoms with E-state index in [1.165, 1.54) is 0 Å². The number of ether oxygens (including phenoxy) is 2. The Morgan fingerprint density at radius 2 is 2.12 bits per heavy atom. The summed E-state index contributed by atoms with van der Waals surface area (Å²) in [6, 6.07) is 11.3. The van der Waals surface area contributed by atoms with E-state index >= 15 is 0 Å². The van der Waals surface area contributed by atoms with E-state index in [4.69, 9.17) is 15.2 Å². The summed E-state index contributed by atoms with van der Waals surface area (Å²) in [6.07, 6.45) is 5.53. The standard InChI is InChI=1S/C18H21N3O3/c1-23-17-15(11-16(19)12-21-17)9-5-6-10-20-18(22)24-13-14-7-3-2-4-8-14/h2-5,7-9,11-12H,6,10,13,19H2,1H3,(H,20,22). The molecule has 6 heteroatoms. The van der Waals surface area contributed by atoms with Gasteiger partial charge in [-0.1, -0.05) is 42.5 Å². The molecule has 0 fully saturated rings. The van der Waals surface area contributed by atoms with E-state index in [2.05, 4.69) is 10.3 Å². The van der Waals surface area contributed by atoms with Crippen LogP contribution in [-0.2, 0) is 11.3 Å². The molecule has 2 rings (SSSR count). The predicted octanol–water partition coefficient (Wildman–Crippen LogP) is 3.00. The van der Waals surface area contributed by atoms with Gasteiger partial charge in [0.1, 0.15) is 6.61 Å². The monoisotopic (exact) mass is 327 g/mol. The molecule has 0 radical (unpaired) electrons. The van der Waals surface area contributed by atoms with Crippen molar-refractivity contribution in [2.75, 3.05) is 19.4 Å². The van der Waals surface area contributed by atoms with Gasteiger partial charge in [0.05, 0.1) is 19.0 Å². The number of hydrogen-bond acceptors (Lipinski definition) is 5. The number of nitrogens with zero attached hydrogens (tertiary/aromatic N) is 1. The number of aromatic nitrogens is 1. The van der Waals surface area contributed by atoms with Crippen LogP contribution in [0, 0.1) is 0 Å². The molecule has 1 amide bonds. The first-order valence-electron chi connectivity index (χ1n) is 7.59. The number of hydrogen-bond donors (Lipinski definition) is 2. The number of rotatable bonds is 7. The van der Waals surface area contributed by atoms with Crippen molar-refractivity contribution in [2.45, 2.75) is 13.0 Å². The predicted molar refractivity (Wildman–Crippen MR) is 93.5 cm³/mol. The molecule has 6 nitrogen and oxygen atoms in total. The van der Waals surface area contributed by atoms with Gasteiger partial charge in [-0.05, 0) is 18.1 Å². The summed E-state index contributed by atoms with van der Waals surface area (Å²) in [5.74, 6) is 0.510. The molecule has 0 aliphatic rings. The molecule has 0 saturated heterocycles. The molecule has 0 aliphatic carbocycles. The lowest BCUT2D eigenvalue weighted by Crippen LogP contribution is -2.24. The minimum absolute atomic E-state index is 0.259. The van der Waals surface area contributed by atoms with E-state index < -0.39 is 6.09 Å². The molecule has 0 spiro atoms. The lowest BCUT2D eigenvalue weighted by atomic mass is 10.2. The first kappa shape index (κ1) is 17.3. The first-order valence-corrected chi connectivity index (χ1v) is 7.59. The molecule has 1 aromatic heterocycles. The highest BCUT2D eigenvalue weighted by molar-refractivity contribution is 5.67. The number of nitrogen functional groups attached to an aromatic ring is 1.